The van der Waals surface area contributed by atoms with E-state index in [1.165, 1.54) is 6.07 Å². The van der Waals surface area contributed by atoms with E-state index in [4.69, 9.17) is 4.99 Å². The van der Waals surface area contributed by atoms with Crippen LogP contribution in [0.3, 0.4) is 0 Å². The second-order valence-electron chi connectivity index (χ2n) is 5.99. The Bertz CT molecular complexity index is 811. The van der Waals surface area contributed by atoms with Gasteiger partial charge in [0.15, 0.2) is 5.17 Å². The SMILES string of the molecule is C[C@H]1CN2C(=N[C@H](c3ccccn3)[C@@H]2c2cccc([N+](=O)[O-])c2)S1. The third kappa shape index (κ3) is 2.54. The first kappa shape index (κ1) is 15.1. The molecule has 3 atom stereocenters. The van der Waals surface area contributed by atoms with Crippen molar-refractivity contribution >= 4 is 22.6 Å². The summed E-state index contributed by atoms with van der Waals surface area (Å²) in [6, 6.07) is 12.5. The first-order valence-electron chi connectivity index (χ1n) is 7.80. The number of hydrogen-bond acceptors (Lipinski definition) is 6. The summed E-state index contributed by atoms with van der Waals surface area (Å²) in [7, 11) is 0. The Hall–Kier alpha value is -2.41. The Morgan fingerprint density at radius 2 is 2.17 bits per heavy atom. The Balaban J connectivity index is 1.78. The maximum absolute atomic E-state index is 11.1. The van der Waals surface area contributed by atoms with Gasteiger partial charge >= 0.3 is 0 Å². The van der Waals surface area contributed by atoms with Crippen molar-refractivity contribution in [1.82, 2.24) is 9.88 Å². The first-order valence-corrected chi connectivity index (χ1v) is 8.68. The summed E-state index contributed by atoms with van der Waals surface area (Å²) in [4.78, 5) is 22.4. The molecule has 6 nitrogen and oxygen atoms in total. The van der Waals surface area contributed by atoms with Gasteiger partial charge in [-0.25, -0.2) is 0 Å². The molecule has 2 aromatic rings. The number of fused-ring (bicyclic) bond motifs is 1. The third-order valence-corrected chi connectivity index (χ3v) is 5.41. The molecule has 0 spiro atoms. The number of pyridine rings is 1. The van der Waals surface area contributed by atoms with Gasteiger partial charge in [-0.3, -0.25) is 20.1 Å². The number of thioether (sulfide) groups is 1. The van der Waals surface area contributed by atoms with Crippen molar-refractivity contribution in [1.29, 1.82) is 0 Å². The number of hydrogen-bond donors (Lipinski definition) is 0. The zero-order valence-electron chi connectivity index (χ0n) is 13.1. The van der Waals surface area contributed by atoms with Crippen molar-refractivity contribution in [2.24, 2.45) is 4.99 Å². The summed E-state index contributed by atoms with van der Waals surface area (Å²) < 4.78 is 0. The minimum Gasteiger partial charge on any atom is -0.341 e. The highest BCUT2D eigenvalue weighted by atomic mass is 32.2. The van der Waals surface area contributed by atoms with Crippen LogP contribution in [-0.2, 0) is 0 Å². The Kier molecular flexibility index (Phi) is 3.72. The molecule has 7 heteroatoms. The number of rotatable bonds is 3. The van der Waals surface area contributed by atoms with Gasteiger partial charge in [0.1, 0.15) is 6.04 Å². The molecule has 1 aromatic heterocycles. The van der Waals surface area contributed by atoms with Gasteiger partial charge in [0.25, 0.3) is 5.69 Å². The number of aromatic nitrogens is 1. The Labute approximate surface area is 143 Å². The summed E-state index contributed by atoms with van der Waals surface area (Å²) >= 11 is 1.76. The molecule has 1 aromatic carbocycles. The molecule has 1 fully saturated rings. The number of nitro groups is 1. The van der Waals surface area contributed by atoms with E-state index in [1.54, 1.807) is 30.1 Å². The molecule has 0 unspecified atom stereocenters. The van der Waals surface area contributed by atoms with Crippen LogP contribution in [0.25, 0.3) is 0 Å². The molecular weight excluding hydrogens is 324 g/mol. The topological polar surface area (TPSA) is 71.6 Å². The predicted octanol–water partition coefficient (Wildman–Crippen LogP) is 3.58. The predicted molar refractivity (Wildman–Crippen MR) is 94.0 cm³/mol. The summed E-state index contributed by atoms with van der Waals surface area (Å²) in [5.41, 5.74) is 1.91. The minimum atomic E-state index is -0.350. The van der Waals surface area contributed by atoms with Crippen molar-refractivity contribution in [3.05, 3.63) is 70.0 Å². The van der Waals surface area contributed by atoms with Gasteiger partial charge in [-0.2, -0.15) is 0 Å². The molecule has 4 rings (SSSR count). The van der Waals surface area contributed by atoms with E-state index in [9.17, 15) is 10.1 Å². The van der Waals surface area contributed by atoms with Gasteiger partial charge in [0.05, 0.1) is 16.7 Å². The van der Waals surface area contributed by atoms with Crippen LogP contribution < -0.4 is 0 Å². The third-order valence-electron chi connectivity index (χ3n) is 4.30. The van der Waals surface area contributed by atoms with Gasteiger partial charge in [-0.1, -0.05) is 36.9 Å². The molecule has 122 valence electrons. The maximum atomic E-state index is 11.1. The summed E-state index contributed by atoms with van der Waals surface area (Å²) in [5.74, 6) is 0. The lowest BCUT2D eigenvalue weighted by molar-refractivity contribution is -0.384. The van der Waals surface area contributed by atoms with Crippen molar-refractivity contribution in [2.75, 3.05) is 6.54 Å². The maximum Gasteiger partial charge on any atom is 0.269 e. The highest BCUT2D eigenvalue weighted by Crippen LogP contribution is 2.47. The molecule has 0 amide bonds. The average molecular weight is 340 g/mol. The fraction of sp³-hybridized carbons (Fsp3) is 0.294. The van der Waals surface area contributed by atoms with E-state index >= 15 is 0 Å². The highest BCUT2D eigenvalue weighted by Gasteiger charge is 2.43. The normalized spacial score (nSPS) is 25.5. The standard InChI is InChI=1S/C17H16N4O2S/c1-11-10-20-16(12-5-4-6-13(9-12)21(22)23)15(19-17(20)24-11)14-7-2-3-8-18-14/h2-9,11,15-16H,10H2,1H3/t11-,15+,16-/m0/s1. The van der Waals surface area contributed by atoms with Gasteiger partial charge in [-0.05, 0) is 17.7 Å². The van der Waals surface area contributed by atoms with Crippen LogP contribution in [0.15, 0.2) is 53.7 Å². The second-order valence-corrected chi connectivity index (χ2v) is 7.39. The van der Waals surface area contributed by atoms with E-state index < -0.39 is 0 Å². The first-order chi connectivity index (χ1) is 11.6. The van der Waals surface area contributed by atoms with Crippen molar-refractivity contribution in [3.8, 4) is 0 Å². The van der Waals surface area contributed by atoms with Crippen LogP contribution >= 0.6 is 11.8 Å². The van der Waals surface area contributed by atoms with Crippen molar-refractivity contribution in [2.45, 2.75) is 24.3 Å². The van der Waals surface area contributed by atoms with Gasteiger partial charge < -0.3 is 4.90 Å². The Morgan fingerprint density at radius 1 is 1.29 bits per heavy atom. The lowest BCUT2D eigenvalue weighted by Crippen LogP contribution is -2.28. The van der Waals surface area contributed by atoms with Gasteiger partial charge in [-0.15, -0.1) is 0 Å². The zero-order valence-corrected chi connectivity index (χ0v) is 13.9. The van der Waals surface area contributed by atoms with Crippen LogP contribution in [0.5, 0.6) is 0 Å². The molecule has 3 heterocycles. The number of benzene rings is 1. The van der Waals surface area contributed by atoms with Crippen LogP contribution in [0.2, 0.25) is 0 Å². The molecule has 1 saturated heterocycles. The Morgan fingerprint density at radius 3 is 2.92 bits per heavy atom. The van der Waals surface area contributed by atoms with Crippen LogP contribution in [0.4, 0.5) is 5.69 Å². The fourth-order valence-electron chi connectivity index (χ4n) is 3.30. The molecule has 0 radical (unpaired) electrons. The number of non-ortho nitro benzene ring substituents is 1. The van der Waals surface area contributed by atoms with Crippen LogP contribution in [0, 0.1) is 10.1 Å². The van der Waals surface area contributed by atoms with Crippen LogP contribution in [-0.4, -0.2) is 31.8 Å². The number of amidine groups is 1. The lowest BCUT2D eigenvalue weighted by atomic mass is 9.96. The van der Waals surface area contributed by atoms with E-state index in [0.29, 0.717) is 5.25 Å². The van der Waals surface area contributed by atoms with E-state index in [1.807, 2.05) is 24.3 Å². The van der Waals surface area contributed by atoms with E-state index in [-0.39, 0.29) is 22.7 Å². The quantitative estimate of drug-likeness (QED) is 0.631. The molecule has 2 aliphatic heterocycles. The molecule has 2 aliphatic rings. The van der Waals surface area contributed by atoms with E-state index in [2.05, 4.69) is 16.8 Å². The summed E-state index contributed by atoms with van der Waals surface area (Å²) in [6.07, 6.45) is 1.76. The minimum absolute atomic E-state index is 0.0488. The molecule has 0 N–H and O–H groups in total. The fourth-order valence-corrected chi connectivity index (χ4v) is 4.39. The zero-order chi connectivity index (χ0) is 16.7. The summed E-state index contributed by atoms with van der Waals surface area (Å²) in [6.45, 7) is 3.06. The second kappa shape index (κ2) is 5.90. The van der Waals surface area contributed by atoms with Crippen molar-refractivity contribution in [3.63, 3.8) is 0 Å². The monoisotopic (exact) mass is 340 g/mol. The molecule has 0 saturated carbocycles. The van der Waals surface area contributed by atoms with Gasteiger partial charge in [0.2, 0.25) is 0 Å². The summed E-state index contributed by atoms with van der Waals surface area (Å²) in [5, 5.41) is 12.6. The highest BCUT2D eigenvalue weighted by molar-refractivity contribution is 8.14. The van der Waals surface area contributed by atoms with Gasteiger partial charge in [0, 0.05) is 30.1 Å². The molecule has 0 bridgehead atoms. The number of nitro benzene ring substituents is 1. The average Bonchev–Trinajstić information content (AvgIpc) is 3.11. The molecule has 0 aliphatic carbocycles. The van der Waals surface area contributed by atoms with Crippen LogP contribution in [0.1, 0.15) is 30.3 Å². The number of aliphatic imine (C=N–C) groups is 1. The smallest absolute Gasteiger partial charge is 0.269 e. The largest absolute Gasteiger partial charge is 0.341 e. The molecule has 24 heavy (non-hydrogen) atoms. The lowest BCUT2D eigenvalue weighted by Gasteiger charge is -2.27. The number of nitrogens with zero attached hydrogens (tertiary/aromatic N) is 4. The van der Waals surface area contributed by atoms with E-state index in [0.717, 1.165) is 23.0 Å². The van der Waals surface area contributed by atoms with Crippen molar-refractivity contribution < 1.29 is 4.92 Å². The molecular formula is C17H16N4O2S.